The molecule has 1 rings (SSSR count). The van der Waals surface area contributed by atoms with Crippen molar-refractivity contribution in [3.05, 3.63) is 29.8 Å². The van der Waals surface area contributed by atoms with Crippen molar-refractivity contribution >= 4 is 18.0 Å². The van der Waals surface area contributed by atoms with E-state index in [1.54, 1.807) is 11.4 Å². The van der Waals surface area contributed by atoms with Gasteiger partial charge in [-0.3, -0.25) is 4.79 Å². The van der Waals surface area contributed by atoms with E-state index in [0.29, 0.717) is 17.1 Å². The van der Waals surface area contributed by atoms with Crippen LogP contribution in [0.3, 0.4) is 0 Å². The molecule has 0 aliphatic heterocycles. The number of hydrogen-bond acceptors (Lipinski definition) is 6. The molecule has 0 fully saturated rings. The van der Waals surface area contributed by atoms with Crippen molar-refractivity contribution in [3.63, 3.8) is 0 Å². The fourth-order valence-corrected chi connectivity index (χ4v) is 1.62. The fourth-order valence-electron chi connectivity index (χ4n) is 1.62. The quantitative estimate of drug-likeness (QED) is 0.552. The third-order valence-electron chi connectivity index (χ3n) is 2.72. The molecule has 0 aromatic heterocycles. The highest BCUT2D eigenvalue weighted by Crippen LogP contribution is 2.28. The summed E-state index contributed by atoms with van der Waals surface area (Å²) >= 11 is 0. The van der Waals surface area contributed by atoms with Crippen molar-refractivity contribution in [2.45, 2.75) is 6.18 Å². The molecule has 1 N–H and O–H groups in total. The number of carbonyl (C=O) groups is 2. The molecule has 0 bridgehead atoms. The molecule has 0 radical (unpaired) electrons. The van der Waals surface area contributed by atoms with Gasteiger partial charge in [0.1, 0.15) is 12.6 Å². The Labute approximate surface area is 146 Å². The van der Waals surface area contributed by atoms with Gasteiger partial charge in [0.2, 0.25) is 0 Å². The minimum absolute atomic E-state index is 0.158. The Kier molecular flexibility index (Phi) is 7.95. The molecule has 0 spiro atoms. The topological polar surface area (TPSA) is 97.7 Å². The van der Waals surface area contributed by atoms with E-state index < -0.39 is 31.2 Å². The minimum Gasteiger partial charge on any atom is -0.493 e. The van der Waals surface area contributed by atoms with E-state index in [1.807, 2.05) is 6.07 Å². The van der Waals surface area contributed by atoms with E-state index in [0.717, 1.165) is 6.08 Å². The largest absolute Gasteiger partial charge is 0.493 e. The average molecular weight is 372 g/mol. The van der Waals surface area contributed by atoms with Gasteiger partial charge in [0, 0.05) is 6.08 Å². The van der Waals surface area contributed by atoms with E-state index in [1.165, 1.54) is 25.3 Å². The summed E-state index contributed by atoms with van der Waals surface area (Å²) < 4.78 is 50.5. The molecule has 10 heteroatoms. The number of benzene rings is 1. The Hall–Kier alpha value is -3.22. The molecule has 140 valence electrons. The maximum Gasteiger partial charge on any atom is 0.405 e. The predicted octanol–water partition coefficient (Wildman–Crippen LogP) is 1.83. The van der Waals surface area contributed by atoms with Crippen molar-refractivity contribution in [1.82, 2.24) is 5.32 Å². The van der Waals surface area contributed by atoms with Gasteiger partial charge in [-0.05, 0) is 23.8 Å². The number of amides is 1. The van der Waals surface area contributed by atoms with Crippen LogP contribution >= 0.6 is 0 Å². The Morgan fingerprint density at radius 1 is 1.31 bits per heavy atom. The highest BCUT2D eigenvalue weighted by atomic mass is 19.4. The third-order valence-corrected chi connectivity index (χ3v) is 2.72. The highest BCUT2D eigenvalue weighted by molar-refractivity contribution is 5.89. The van der Waals surface area contributed by atoms with Crippen LogP contribution in [0, 0.1) is 11.3 Å². The molecule has 0 aliphatic rings. The first-order valence-electron chi connectivity index (χ1n) is 7.11. The zero-order valence-corrected chi connectivity index (χ0v) is 13.6. The number of alkyl halides is 3. The van der Waals surface area contributed by atoms with E-state index in [4.69, 9.17) is 14.7 Å². The van der Waals surface area contributed by atoms with Gasteiger partial charge in [0.25, 0.3) is 5.91 Å². The van der Waals surface area contributed by atoms with Crippen molar-refractivity contribution in [3.8, 4) is 17.6 Å². The van der Waals surface area contributed by atoms with Gasteiger partial charge in [0.15, 0.2) is 24.7 Å². The number of halogens is 3. The highest BCUT2D eigenvalue weighted by Gasteiger charge is 2.27. The summed E-state index contributed by atoms with van der Waals surface area (Å²) in [6.07, 6.45) is -2.18. The number of rotatable bonds is 8. The molecular weight excluding hydrogens is 357 g/mol. The van der Waals surface area contributed by atoms with Crippen molar-refractivity contribution in [2.75, 3.05) is 26.9 Å². The number of nitrogens with zero attached hydrogens (tertiary/aromatic N) is 1. The van der Waals surface area contributed by atoms with Gasteiger partial charge in [-0.1, -0.05) is 6.07 Å². The Morgan fingerprint density at radius 3 is 2.65 bits per heavy atom. The van der Waals surface area contributed by atoms with Gasteiger partial charge in [0.05, 0.1) is 7.11 Å². The first-order valence-corrected chi connectivity index (χ1v) is 7.11. The van der Waals surface area contributed by atoms with Crippen LogP contribution in [0.5, 0.6) is 11.5 Å². The summed E-state index contributed by atoms with van der Waals surface area (Å²) in [4.78, 5) is 22.6. The summed E-state index contributed by atoms with van der Waals surface area (Å²) in [7, 11) is 1.40. The lowest BCUT2D eigenvalue weighted by Crippen LogP contribution is -2.36. The number of methoxy groups -OCH3 is 1. The van der Waals surface area contributed by atoms with Gasteiger partial charge in [-0.25, -0.2) is 4.79 Å². The molecule has 0 atom stereocenters. The van der Waals surface area contributed by atoms with E-state index in [9.17, 15) is 22.8 Å². The molecule has 26 heavy (non-hydrogen) atoms. The molecular formula is C16H15F3N2O5. The number of esters is 1. The molecule has 0 aliphatic carbocycles. The Balaban J connectivity index is 2.55. The summed E-state index contributed by atoms with van der Waals surface area (Å²) in [6, 6.07) is 6.46. The minimum atomic E-state index is -4.54. The summed E-state index contributed by atoms with van der Waals surface area (Å²) in [5.41, 5.74) is 0.532. The van der Waals surface area contributed by atoms with Crippen LogP contribution in [0.4, 0.5) is 13.2 Å². The number of carbonyl (C=O) groups excluding carboxylic acids is 2. The van der Waals surface area contributed by atoms with Gasteiger partial charge in [-0.15, -0.1) is 0 Å². The summed E-state index contributed by atoms with van der Waals surface area (Å²) in [5, 5.41) is 10.1. The van der Waals surface area contributed by atoms with Gasteiger partial charge < -0.3 is 19.5 Å². The molecule has 1 aromatic carbocycles. The number of nitriles is 1. The van der Waals surface area contributed by atoms with Crippen LogP contribution < -0.4 is 14.8 Å². The van der Waals surface area contributed by atoms with Crippen LogP contribution in [0.15, 0.2) is 24.3 Å². The van der Waals surface area contributed by atoms with E-state index in [-0.39, 0.29) is 6.61 Å². The lowest BCUT2D eigenvalue weighted by Gasteiger charge is -2.09. The van der Waals surface area contributed by atoms with Crippen LogP contribution in [0.2, 0.25) is 0 Å². The first kappa shape index (κ1) is 20.8. The van der Waals surface area contributed by atoms with Crippen LogP contribution in [-0.2, 0) is 14.3 Å². The number of ether oxygens (including phenoxy) is 3. The van der Waals surface area contributed by atoms with Crippen molar-refractivity contribution in [2.24, 2.45) is 0 Å². The van der Waals surface area contributed by atoms with Crippen molar-refractivity contribution in [1.29, 1.82) is 5.26 Å². The second kappa shape index (κ2) is 9.93. The fraction of sp³-hybridized carbons (Fsp3) is 0.312. The van der Waals surface area contributed by atoms with Gasteiger partial charge in [-0.2, -0.15) is 18.4 Å². The average Bonchev–Trinajstić information content (AvgIpc) is 2.60. The maximum atomic E-state index is 11.9. The summed E-state index contributed by atoms with van der Waals surface area (Å²) in [6.45, 7) is -2.49. The predicted molar refractivity (Wildman–Crippen MR) is 83.2 cm³/mol. The Morgan fingerprint density at radius 2 is 2.04 bits per heavy atom. The zero-order chi connectivity index (χ0) is 19.6. The van der Waals surface area contributed by atoms with Crippen LogP contribution in [-0.4, -0.2) is 44.9 Å². The summed E-state index contributed by atoms with van der Waals surface area (Å²) in [5.74, 6) is -1.29. The molecule has 0 saturated carbocycles. The van der Waals surface area contributed by atoms with Crippen LogP contribution in [0.1, 0.15) is 5.56 Å². The van der Waals surface area contributed by atoms with Gasteiger partial charge >= 0.3 is 12.1 Å². The number of hydrogen-bond donors (Lipinski definition) is 1. The lowest BCUT2D eigenvalue weighted by molar-refractivity contribution is -0.148. The second-order valence-electron chi connectivity index (χ2n) is 4.69. The molecule has 1 amide bonds. The standard InChI is InChI=1S/C16H15F3N2O5/c1-24-13-8-11(2-4-12(13)25-7-6-20)3-5-15(23)26-9-14(22)21-10-16(17,18)19/h2-5,8H,7,9-10H2,1H3,(H,21,22)/b5-3+. The molecule has 7 nitrogen and oxygen atoms in total. The van der Waals surface area contributed by atoms with E-state index >= 15 is 0 Å². The SMILES string of the molecule is COc1cc(/C=C/C(=O)OCC(=O)NCC(F)(F)F)ccc1OCC#N. The van der Waals surface area contributed by atoms with E-state index in [2.05, 4.69) is 4.74 Å². The second-order valence-corrected chi connectivity index (χ2v) is 4.69. The smallest absolute Gasteiger partial charge is 0.405 e. The Bertz CT molecular complexity index is 711. The molecule has 0 saturated heterocycles. The first-order chi connectivity index (χ1) is 12.2. The zero-order valence-electron chi connectivity index (χ0n) is 13.6. The normalized spacial score (nSPS) is 10.9. The maximum absolute atomic E-state index is 11.9. The monoisotopic (exact) mass is 372 g/mol. The van der Waals surface area contributed by atoms with Crippen LogP contribution in [0.25, 0.3) is 6.08 Å². The third kappa shape index (κ3) is 8.05. The van der Waals surface area contributed by atoms with Crippen molar-refractivity contribution < 1.29 is 37.0 Å². The molecule has 0 unspecified atom stereocenters. The lowest BCUT2D eigenvalue weighted by atomic mass is 10.2. The number of nitrogens with one attached hydrogen (secondary N) is 1. The molecule has 0 heterocycles. The molecule has 1 aromatic rings.